The molecule has 3 aromatic carbocycles. The monoisotopic (exact) mass is 466 g/mol. The second kappa shape index (κ2) is 9.74. The number of nitrogens with two attached hydrogens (primary N) is 2. The van der Waals surface area contributed by atoms with Gasteiger partial charge in [-0.25, -0.2) is 13.4 Å². The lowest BCUT2D eigenvalue weighted by molar-refractivity contribution is -0.137. The van der Waals surface area contributed by atoms with Gasteiger partial charge in [-0.1, -0.05) is 47.5 Å². The van der Waals surface area contributed by atoms with Gasteiger partial charge < -0.3 is 16.6 Å². The Morgan fingerprint density at radius 1 is 0.970 bits per heavy atom. The third-order valence-electron chi connectivity index (χ3n) is 4.95. The summed E-state index contributed by atoms with van der Waals surface area (Å²) in [6.45, 7) is 3.91. The Balaban J connectivity index is 1.96. The summed E-state index contributed by atoms with van der Waals surface area (Å²) >= 11 is 0. The van der Waals surface area contributed by atoms with Gasteiger partial charge in [0.25, 0.3) is 10.0 Å². The summed E-state index contributed by atoms with van der Waals surface area (Å²) in [4.78, 5) is 15.5. The highest BCUT2D eigenvalue weighted by atomic mass is 32.2. The minimum absolute atomic E-state index is 0.00759. The van der Waals surface area contributed by atoms with E-state index in [2.05, 4.69) is 9.71 Å². The number of benzene rings is 3. The highest BCUT2D eigenvalue weighted by Crippen LogP contribution is 2.32. The van der Waals surface area contributed by atoms with Crippen LogP contribution in [0.15, 0.2) is 76.6 Å². The molecular formula is C24H26N4O4S. The highest BCUT2D eigenvalue weighted by Gasteiger charge is 2.20. The Kier molecular flexibility index (Phi) is 7.03. The van der Waals surface area contributed by atoms with Crippen LogP contribution in [-0.4, -0.2) is 25.5 Å². The van der Waals surface area contributed by atoms with Crippen LogP contribution in [0.2, 0.25) is 0 Å². The molecule has 0 saturated carbocycles. The summed E-state index contributed by atoms with van der Waals surface area (Å²) in [5.74, 6) is -1.56. The van der Waals surface area contributed by atoms with E-state index in [1.807, 2.05) is 32.0 Å². The van der Waals surface area contributed by atoms with Gasteiger partial charge in [-0.2, -0.15) is 0 Å². The first-order valence-corrected chi connectivity index (χ1v) is 11.6. The van der Waals surface area contributed by atoms with Crippen molar-refractivity contribution in [3.05, 3.63) is 89.0 Å². The Hall–Kier alpha value is -3.85. The minimum atomic E-state index is -3.93. The summed E-state index contributed by atoms with van der Waals surface area (Å²) in [6.07, 6.45) is -0.125. The van der Waals surface area contributed by atoms with Crippen LogP contribution in [0, 0.1) is 13.8 Å². The van der Waals surface area contributed by atoms with Gasteiger partial charge in [0, 0.05) is 11.6 Å². The standard InChI is InChI=1S/C24H26N4O4S/c1-15-9-16(2)11-18(10-15)22(14-23(29)30)17-5-3-7-20(12-17)28-33(31,32)21-8-4-6-19(13-21)27-24(25)26/h3-13,22,28H,14H2,1-2H3,(H,29,30)(H4,25,26,27). The maximum atomic E-state index is 12.9. The van der Waals surface area contributed by atoms with Crippen LogP contribution in [0.1, 0.15) is 34.6 Å². The van der Waals surface area contributed by atoms with Crippen molar-refractivity contribution >= 4 is 33.3 Å². The average Bonchev–Trinajstić information content (AvgIpc) is 2.71. The number of guanidine groups is 1. The molecule has 3 rings (SSSR count). The second-order valence-electron chi connectivity index (χ2n) is 7.84. The number of aliphatic carboxylic acids is 1. The molecule has 1 unspecified atom stereocenters. The molecule has 0 saturated heterocycles. The summed E-state index contributed by atoms with van der Waals surface area (Å²) in [5.41, 5.74) is 15.0. The topological polar surface area (TPSA) is 148 Å². The van der Waals surface area contributed by atoms with Crippen LogP contribution in [0.4, 0.5) is 11.4 Å². The number of aliphatic imine (C=N–C) groups is 1. The number of hydrogen-bond donors (Lipinski definition) is 4. The zero-order valence-corrected chi connectivity index (χ0v) is 19.1. The van der Waals surface area contributed by atoms with E-state index in [0.29, 0.717) is 16.9 Å². The molecule has 0 aliphatic rings. The zero-order valence-electron chi connectivity index (χ0n) is 18.3. The van der Waals surface area contributed by atoms with Crippen molar-refractivity contribution in [2.45, 2.75) is 31.1 Å². The lowest BCUT2D eigenvalue weighted by atomic mass is 9.87. The van der Waals surface area contributed by atoms with Crippen LogP contribution in [0.5, 0.6) is 0 Å². The van der Waals surface area contributed by atoms with E-state index in [-0.39, 0.29) is 17.3 Å². The maximum Gasteiger partial charge on any atom is 0.304 e. The molecular weight excluding hydrogens is 440 g/mol. The fourth-order valence-corrected chi connectivity index (χ4v) is 4.80. The number of nitrogens with zero attached hydrogens (tertiary/aromatic N) is 1. The average molecular weight is 467 g/mol. The number of sulfonamides is 1. The lowest BCUT2D eigenvalue weighted by Gasteiger charge is -2.19. The number of carboxylic acid groups (broad SMARTS) is 1. The van der Waals surface area contributed by atoms with Gasteiger partial charge in [-0.15, -0.1) is 0 Å². The van der Waals surface area contributed by atoms with Gasteiger partial charge in [0.15, 0.2) is 5.96 Å². The van der Waals surface area contributed by atoms with E-state index in [4.69, 9.17) is 11.5 Å². The number of carbonyl (C=O) groups is 1. The smallest absolute Gasteiger partial charge is 0.304 e. The van der Waals surface area contributed by atoms with Crippen LogP contribution < -0.4 is 16.2 Å². The van der Waals surface area contributed by atoms with Crippen LogP contribution in [0.3, 0.4) is 0 Å². The number of nitrogens with one attached hydrogen (secondary N) is 1. The Bertz CT molecular complexity index is 1300. The Labute approximate surface area is 193 Å². The molecule has 33 heavy (non-hydrogen) atoms. The summed E-state index contributed by atoms with van der Waals surface area (Å²) in [7, 11) is -3.93. The van der Waals surface area contributed by atoms with E-state index in [9.17, 15) is 18.3 Å². The van der Waals surface area contributed by atoms with E-state index in [1.54, 1.807) is 30.3 Å². The first-order valence-electron chi connectivity index (χ1n) is 10.2. The largest absolute Gasteiger partial charge is 0.481 e. The molecule has 6 N–H and O–H groups in total. The van der Waals surface area contributed by atoms with Crippen molar-refractivity contribution < 1.29 is 18.3 Å². The third-order valence-corrected chi connectivity index (χ3v) is 6.33. The summed E-state index contributed by atoms with van der Waals surface area (Å²) in [5, 5.41) is 9.50. The van der Waals surface area contributed by atoms with Crippen molar-refractivity contribution in [3.8, 4) is 0 Å². The van der Waals surface area contributed by atoms with E-state index in [1.165, 1.54) is 18.2 Å². The van der Waals surface area contributed by atoms with Gasteiger partial charge >= 0.3 is 5.97 Å². The quantitative estimate of drug-likeness (QED) is 0.294. The number of carboxylic acids is 1. The number of rotatable bonds is 8. The molecule has 0 fully saturated rings. The normalized spacial score (nSPS) is 12.1. The van der Waals surface area contributed by atoms with Crippen LogP contribution >= 0.6 is 0 Å². The summed E-state index contributed by atoms with van der Waals surface area (Å²) < 4.78 is 28.4. The fraction of sp³-hybridized carbons (Fsp3) is 0.167. The Morgan fingerprint density at radius 3 is 2.27 bits per heavy atom. The molecule has 0 heterocycles. The number of aryl methyl sites for hydroxylation is 2. The van der Waals surface area contributed by atoms with Gasteiger partial charge in [-0.05, 0) is 55.3 Å². The molecule has 0 bridgehead atoms. The molecule has 0 aliphatic heterocycles. The molecule has 0 radical (unpaired) electrons. The summed E-state index contributed by atoms with van der Waals surface area (Å²) in [6, 6.07) is 18.6. The van der Waals surface area contributed by atoms with Crippen LogP contribution in [0.25, 0.3) is 0 Å². The maximum absolute atomic E-state index is 12.9. The first kappa shape index (κ1) is 23.8. The predicted octanol–water partition coefficient (Wildman–Crippen LogP) is 3.62. The van der Waals surface area contributed by atoms with E-state index >= 15 is 0 Å². The second-order valence-corrected chi connectivity index (χ2v) is 9.52. The van der Waals surface area contributed by atoms with Crippen molar-refractivity contribution in [3.63, 3.8) is 0 Å². The van der Waals surface area contributed by atoms with E-state index in [0.717, 1.165) is 16.7 Å². The van der Waals surface area contributed by atoms with Crippen molar-refractivity contribution in [2.75, 3.05) is 4.72 Å². The lowest BCUT2D eigenvalue weighted by Crippen LogP contribution is -2.22. The molecule has 172 valence electrons. The van der Waals surface area contributed by atoms with Crippen molar-refractivity contribution in [2.24, 2.45) is 16.5 Å². The van der Waals surface area contributed by atoms with Gasteiger partial charge in [-0.3, -0.25) is 9.52 Å². The van der Waals surface area contributed by atoms with Gasteiger partial charge in [0.1, 0.15) is 0 Å². The SMILES string of the molecule is Cc1cc(C)cc(C(CC(=O)O)c2cccc(NS(=O)(=O)c3cccc(N=C(N)N)c3)c2)c1. The first-order chi connectivity index (χ1) is 15.5. The number of anilines is 1. The third kappa shape index (κ3) is 6.33. The fourth-order valence-electron chi connectivity index (χ4n) is 3.72. The zero-order chi connectivity index (χ0) is 24.2. The molecule has 8 nitrogen and oxygen atoms in total. The Morgan fingerprint density at radius 2 is 1.64 bits per heavy atom. The molecule has 0 aromatic heterocycles. The van der Waals surface area contributed by atoms with Gasteiger partial charge in [0.2, 0.25) is 0 Å². The highest BCUT2D eigenvalue weighted by molar-refractivity contribution is 7.92. The molecule has 0 amide bonds. The predicted molar refractivity (Wildman–Crippen MR) is 129 cm³/mol. The molecule has 1 atom stereocenters. The molecule has 3 aromatic rings. The molecule has 0 aliphatic carbocycles. The minimum Gasteiger partial charge on any atom is -0.481 e. The van der Waals surface area contributed by atoms with Gasteiger partial charge in [0.05, 0.1) is 17.0 Å². The van der Waals surface area contributed by atoms with E-state index < -0.39 is 21.9 Å². The molecule has 9 heteroatoms. The van der Waals surface area contributed by atoms with Crippen molar-refractivity contribution in [1.82, 2.24) is 0 Å². The molecule has 0 spiro atoms. The number of hydrogen-bond acceptors (Lipinski definition) is 4. The van der Waals surface area contributed by atoms with Crippen molar-refractivity contribution in [1.29, 1.82) is 0 Å². The van der Waals surface area contributed by atoms with Crippen LogP contribution in [-0.2, 0) is 14.8 Å².